The van der Waals surface area contributed by atoms with E-state index in [1.807, 2.05) is 35.0 Å². The summed E-state index contributed by atoms with van der Waals surface area (Å²) in [6.07, 6.45) is 5.77. The minimum Gasteiger partial charge on any atom is -0.376 e. The lowest BCUT2D eigenvalue weighted by molar-refractivity contribution is -0.117. The molecule has 1 aliphatic rings. The van der Waals surface area contributed by atoms with Gasteiger partial charge < -0.3 is 14.3 Å². The molecule has 5 rings (SSSR count). The Morgan fingerprint density at radius 1 is 1.24 bits per heavy atom. The number of fused-ring (bicyclic) bond motifs is 1. The van der Waals surface area contributed by atoms with E-state index in [2.05, 4.69) is 20.5 Å². The molecule has 2 N–H and O–H groups in total. The van der Waals surface area contributed by atoms with Crippen LogP contribution in [0.3, 0.4) is 0 Å². The van der Waals surface area contributed by atoms with Gasteiger partial charge in [0.05, 0.1) is 18.4 Å². The van der Waals surface area contributed by atoms with Gasteiger partial charge in [-0.25, -0.2) is 0 Å². The lowest BCUT2D eigenvalue weighted by Crippen LogP contribution is -2.33. The quantitative estimate of drug-likeness (QED) is 0.407. The van der Waals surface area contributed by atoms with Crippen molar-refractivity contribution in [3.63, 3.8) is 0 Å². The van der Waals surface area contributed by atoms with E-state index in [9.17, 15) is 9.59 Å². The number of H-pyrrole nitrogens is 1. The molecular weight excluding hydrogens is 440 g/mol. The van der Waals surface area contributed by atoms with Gasteiger partial charge in [-0.2, -0.15) is 0 Å². The first-order valence-electron chi connectivity index (χ1n) is 10.8. The van der Waals surface area contributed by atoms with Gasteiger partial charge in [-0.3, -0.25) is 19.5 Å². The Morgan fingerprint density at radius 3 is 2.91 bits per heavy atom. The van der Waals surface area contributed by atoms with E-state index >= 15 is 0 Å². The molecule has 1 aromatic carbocycles. The number of imide groups is 1. The molecule has 0 spiro atoms. The van der Waals surface area contributed by atoms with Crippen LogP contribution in [0.4, 0.5) is 0 Å². The van der Waals surface area contributed by atoms with Crippen molar-refractivity contribution in [2.24, 2.45) is 7.05 Å². The molecule has 33 heavy (non-hydrogen) atoms. The zero-order valence-corrected chi connectivity index (χ0v) is 19.0. The summed E-state index contributed by atoms with van der Waals surface area (Å²) < 4.78 is 9.54. The summed E-state index contributed by atoms with van der Waals surface area (Å²) in [5, 5.41) is 12.9. The van der Waals surface area contributed by atoms with Gasteiger partial charge >= 0.3 is 0 Å². The molecule has 3 aromatic heterocycles. The van der Waals surface area contributed by atoms with Crippen molar-refractivity contribution in [1.29, 1.82) is 0 Å². The Labute approximate surface area is 194 Å². The normalized spacial score (nSPS) is 15.8. The van der Waals surface area contributed by atoms with Crippen molar-refractivity contribution in [3.8, 4) is 11.4 Å². The summed E-state index contributed by atoms with van der Waals surface area (Å²) in [6, 6.07) is 11.5. The van der Waals surface area contributed by atoms with E-state index < -0.39 is 5.91 Å². The summed E-state index contributed by atoms with van der Waals surface area (Å²) in [5.74, 6) is -0.0288. The van der Waals surface area contributed by atoms with Gasteiger partial charge in [0.15, 0.2) is 11.0 Å². The van der Waals surface area contributed by atoms with Crippen molar-refractivity contribution in [3.05, 3.63) is 54.5 Å². The van der Waals surface area contributed by atoms with Crippen molar-refractivity contribution in [2.75, 3.05) is 12.4 Å². The van der Waals surface area contributed by atoms with Crippen LogP contribution in [0.15, 0.2) is 53.9 Å². The predicted octanol–water partition coefficient (Wildman–Crippen LogP) is 2.99. The second kappa shape index (κ2) is 9.24. The van der Waals surface area contributed by atoms with Gasteiger partial charge in [-0.15, -0.1) is 10.2 Å². The SMILES string of the molecule is Cn1cccc1C(=O)NC(=O)CSc1nnc(-c2c[nH]c3ccccc23)n1CC1CCCO1. The van der Waals surface area contributed by atoms with Gasteiger partial charge in [0.1, 0.15) is 5.69 Å². The molecule has 2 amide bonds. The molecular formula is C23H24N6O3S. The third kappa shape index (κ3) is 4.44. The van der Waals surface area contributed by atoms with Crippen LogP contribution >= 0.6 is 11.8 Å². The Hall–Kier alpha value is -3.37. The third-order valence-corrected chi connectivity index (χ3v) is 6.69. The van der Waals surface area contributed by atoms with Gasteiger partial charge in [-0.05, 0) is 31.0 Å². The molecule has 4 heterocycles. The average Bonchev–Trinajstić information content (AvgIpc) is 3.60. The average molecular weight is 465 g/mol. The molecule has 1 atom stereocenters. The Kier molecular flexibility index (Phi) is 6.01. The fraction of sp³-hybridized carbons (Fsp3) is 0.304. The lowest BCUT2D eigenvalue weighted by Gasteiger charge is -2.14. The van der Waals surface area contributed by atoms with Crippen LogP contribution in [-0.4, -0.2) is 54.6 Å². The highest BCUT2D eigenvalue weighted by molar-refractivity contribution is 7.99. The minimum absolute atomic E-state index is 0.0493. The fourth-order valence-electron chi connectivity index (χ4n) is 4.06. The van der Waals surface area contributed by atoms with Gasteiger partial charge in [0.2, 0.25) is 5.91 Å². The largest absolute Gasteiger partial charge is 0.376 e. The number of aromatic nitrogens is 5. The third-order valence-electron chi connectivity index (χ3n) is 5.72. The summed E-state index contributed by atoms with van der Waals surface area (Å²) in [7, 11) is 1.76. The molecule has 10 heteroatoms. The van der Waals surface area contributed by atoms with Gasteiger partial charge in [0.25, 0.3) is 5.91 Å². The molecule has 9 nitrogen and oxygen atoms in total. The molecule has 4 aromatic rings. The van der Waals surface area contributed by atoms with Crippen LogP contribution in [0, 0.1) is 0 Å². The standard InChI is InChI=1S/C23H24N6O3S/c1-28-10-4-9-19(28)22(31)25-20(30)14-33-23-27-26-21(29(23)13-15-6-5-11-32-15)17-12-24-18-8-3-2-7-16(17)18/h2-4,7-10,12,15,24H,5-6,11,13-14H2,1H3,(H,25,30,31). The fourth-order valence-corrected chi connectivity index (χ4v) is 4.81. The topological polar surface area (TPSA) is 107 Å². The molecule has 1 fully saturated rings. The van der Waals surface area contributed by atoms with E-state index in [1.54, 1.807) is 29.9 Å². The van der Waals surface area contributed by atoms with Gasteiger partial charge in [0, 0.05) is 42.5 Å². The maximum Gasteiger partial charge on any atom is 0.274 e. The number of thioether (sulfide) groups is 1. The Balaban J connectivity index is 1.36. The number of nitrogens with one attached hydrogen (secondary N) is 2. The molecule has 0 bridgehead atoms. The van der Waals surface area contributed by atoms with Crippen LogP contribution in [0.2, 0.25) is 0 Å². The van der Waals surface area contributed by atoms with Crippen LogP contribution in [0.1, 0.15) is 23.3 Å². The second-order valence-corrected chi connectivity index (χ2v) is 8.91. The maximum atomic E-state index is 12.5. The number of aryl methyl sites for hydroxylation is 1. The van der Waals surface area contributed by atoms with Crippen LogP contribution in [0.5, 0.6) is 0 Å². The molecule has 0 radical (unpaired) electrons. The molecule has 1 unspecified atom stereocenters. The Bertz CT molecular complexity index is 1300. The number of ether oxygens (including phenoxy) is 1. The van der Waals surface area contributed by atoms with Gasteiger partial charge in [-0.1, -0.05) is 30.0 Å². The summed E-state index contributed by atoms with van der Waals surface area (Å²) in [5.41, 5.74) is 2.40. The highest BCUT2D eigenvalue weighted by atomic mass is 32.2. The number of para-hydroxylation sites is 1. The highest BCUT2D eigenvalue weighted by Gasteiger charge is 2.24. The molecule has 1 saturated heterocycles. The first-order valence-corrected chi connectivity index (χ1v) is 11.8. The van der Waals surface area contributed by atoms with E-state index in [-0.39, 0.29) is 17.8 Å². The molecule has 1 aliphatic heterocycles. The molecule has 0 saturated carbocycles. The second-order valence-electron chi connectivity index (χ2n) is 7.97. The number of hydrogen-bond donors (Lipinski definition) is 2. The zero-order chi connectivity index (χ0) is 22.8. The van der Waals surface area contributed by atoms with E-state index in [0.717, 1.165) is 41.7 Å². The van der Waals surface area contributed by atoms with Crippen molar-refractivity contribution < 1.29 is 14.3 Å². The van der Waals surface area contributed by atoms with Crippen molar-refractivity contribution >= 4 is 34.5 Å². The molecule has 0 aliphatic carbocycles. The van der Waals surface area contributed by atoms with E-state index in [0.29, 0.717) is 17.4 Å². The lowest BCUT2D eigenvalue weighted by atomic mass is 10.1. The number of aromatic amines is 1. The highest BCUT2D eigenvalue weighted by Crippen LogP contribution is 2.31. The first kappa shape index (κ1) is 21.5. The maximum absolute atomic E-state index is 12.5. The van der Waals surface area contributed by atoms with Crippen molar-refractivity contribution in [2.45, 2.75) is 30.6 Å². The summed E-state index contributed by atoms with van der Waals surface area (Å²) in [4.78, 5) is 28.0. The van der Waals surface area contributed by atoms with Crippen LogP contribution < -0.4 is 5.32 Å². The number of amides is 2. The number of hydrogen-bond acceptors (Lipinski definition) is 6. The first-order chi connectivity index (χ1) is 16.1. The van der Waals surface area contributed by atoms with Crippen LogP contribution in [-0.2, 0) is 23.1 Å². The number of carbonyl (C=O) groups excluding carboxylic acids is 2. The van der Waals surface area contributed by atoms with E-state index in [4.69, 9.17) is 4.74 Å². The van der Waals surface area contributed by atoms with E-state index in [1.165, 1.54) is 11.8 Å². The monoisotopic (exact) mass is 464 g/mol. The minimum atomic E-state index is -0.423. The number of benzene rings is 1. The Morgan fingerprint density at radius 2 is 2.12 bits per heavy atom. The number of carbonyl (C=O) groups is 2. The summed E-state index contributed by atoms with van der Waals surface area (Å²) in [6.45, 7) is 1.36. The van der Waals surface area contributed by atoms with Crippen molar-refractivity contribution in [1.82, 2.24) is 29.6 Å². The number of nitrogens with zero attached hydrogens (tertiary/aromatic N) is 4. The molecule has 170 valence electrons. The van der Waals surface area contributed by atoms with Crippen LogP contribution in [0.25, 0.3) is 22.3 Å². The zero-order valence-electron chi connectivity index (χ0n) is 18.2. The summed E-state index contributed by atoms with van der Waals surface area (Å²) >= 11 is 1.26. The number of rotatable bonds is 7. The predicted molar refractivity (Wildman–Crippen MR) is 125 cm³/mol. The smallest absolute Gasteiger partial charge is 0.274 e.